The van der Waals surface area contributed by atoms with E-state index in [2.05, 4.69) is 40.3 Å². The minimum Gasteiger partial charge on any atom is -0.340 e. The largest absolute Gasteiger partial charge is 0.340 e. The van der Waals surface area contributed by atoms with Crippen LogP contribution in [0.5, 0.6) is 0 Å². The molecule has 0 fully saturated rings. The maximum absolute atomic E-state index is 4.43. The number of nitrogens with zero attached hydrogens (tertiary/aromatic N) is 3. The highest BCUT2D eigenvalue weighted by molar-refractivity contribution is 7.98. The van der Waals surface area contributed by atoms with E-state index in [-0.39, 0.29) is 0 Å². The van der Waals surface area contributed by atoms with E-state index >= 15 is 0 Å². The molecule has 0 saturated heterocycles. The highest BCUT2D eigenvalue weighted by Gasteiger charge is 2.11. The molecule has 1 aromatic heterocycles. The Morgan fingerprint density at radius 3 is 2.61 bits per heavy atom. The van der Waals surface area contributed by atoms with E-state index in [1.165, 1.54) is 0 Å². The second kappa shape index (κ2) is 8.32. The molecule has 1 N–H and O–H groups in total. The van der Waals surface area contributed by atoms with Crippen molar-refractivity contribution in [3.8, 4) is 0 Å². The fourth-order valence-electron chi connectivity index (χ4n) is 1.58. The van der Waals surface area contributed by atoms with Crippen molar-refractivity contribution < 1.29 is 0 Å². The van der Waals surface area contributed by atoms with E-state index in [4.69, 9.17) is 0 Å². The van der Waals surface area contributed by atoms with Gasteiger partial charge in [0.05, 0.1) is 0 Å². The Balaban J connectivity index is 2.53. The average molecular weight is 268 g/mol. The summed E-state index contributed by atoms with van der Waals surface area (Å²) < 4.78 is 0. The molecule has 0 aliphatic carbocycles. The molecule has 18 heavy (non-hydrogen) atoms. The summed E-state index contributed by atoms with van der Waals surface area (Å²) in [6.07, 6.45) is 7.09. The molecule has 0 spiro atoms. The first kappa shape index (κ1) is 15.2. The molecule has 1 unspecified atom stereocenters. The minimum atomic E-state index is 0.448. The van der Waals surface area contributed by atoms with Crippen LogP contribution in [0.3, 0.4) is 0 Å². The first-order valence-electron chi connectivity index (χ1n) is 6.42. The molecular formula is C13H24N4S. The van der Waals surface area contributed by atoms with Crippen LogP contribution in [-0.2, 0) is 6.54 Å². The highest BCUT2D eigenvalue weighted by atomic mass is 32.2. The summed E-state index contributed by atoms with van der Waals surface area (Å²) in [7, 11) is 2.05. The van der Waals surface area contributed by atoms with Crippen LogP contribution in [-0.4, -0.2) is 41.6 Å². The molecule has 1 aromatic rings. The summed E-state index contributed by atoms with van der Waals surface area (Å²) in [6, 6.07) is 0.448. The third-order valence-corrected chi connectivity index (χ3v) is 3.65. The van der Waals surface area contributed by atoms with Gasteiger partial charge in [-0.1, -0.05) is 6.92 Å². The van der Waals surface area contributed by atoms with Crippen molar-refractivity contribution in [2.75, 3.05) is 30.5 Å². The van der Waals surface area contributed by atoms with Gasteiger partial charge < -0.3 is 10.2 Å². The molecule has 102 valence electrons. The monoisotopic (exact) mass is 268 g/mol. The molecule has 1 atom stereocenters. The summed E-state index contributed by atoms with van der Waals surface area (Å²) >= 11 is 1.84. The van der Waals surface area contributed by atoms with Crippen molar-refractivity contribution in [3.05, 3.63) is 18.0 Å². The molecule has 4 nitrogen and oxygen atoms in total. The van der Waals surface area contributed by atoms with Gasteiger partial charge in [0.2, 0.25) is 5.95 Å². The predicted octanol–water partition coefficient (Wildman–Crippen LogP) is 2.16. The van der Waals surface area contributed by atoms with Gasteiger partial charge in [0.1, 0.15) is 0 Å². The lowest BCUT2D eigenvalue weighted by Gasteiger charge is -2.24. The molecule has 0 amide bonds. The molecule has 1 heterocycles. The number of hydrogen-bond donors (Lipinski definition) is 1. The predicted molar refractivity (Wildman–Crippen MR) is 80.3 cm³/mol. The number of rotatable bonds is 8. The van der Waals surface area contributed by atoms with Crippen LogP contribution in [0.25, 0.3) is 0 Å². The highest BCUT2D eigenvalue weighted by Crippen LogP contribution is 2.11. The van der Waals surface area contributed by atoms with Crippen molar-refractivity contribution in [2.45, 2.75) is 32.9 Å². The van der Waals surface area contributed by atoms with Crippen molar-refractivity contribution in [2.24, 2.45) is 0 Å². The molecule has 0 radical (unpaired) electrons. The van der Waals surface area contributed by atoms with E-state index in [1.54, 1.807) is 0 Å². The molecular weight excluding hydrogens is 244 g/mol. The molecule has 0 aromatic carbocycles. The van der Waals surface area contributed by atoms with Crippen LogP contribution in [0.2, 0.25) is 0 Å². The molecule has 0 aliphatic rings. The van der Waals surface area contributed by atoms with E-state index in [0.717, 1.165) is 36.8 Å². The number of aromatic nitrogens is 2. The van der Waals surface area contributed by atoms with Crippen LogP contribution < -0.4 is 10.2 Å². The first-order valence-corrected chi connectivity index (χ1v) is 7.81. The van der Waals surface area contributed by atoms with E-state index < -0.39 is 0 Å². The van der Waals surface area contributed by atoms with Gasteiger partial charge in [0.25, 0.3) is 0 Å². The Morgan fingerprint density at radius 2 is 2.06 bits per heavy atom. The zero-order chi connectivity index (χ0) is 13.4. The summed E-state index contributed by atoms with van der Waals surface area (Å²) in [4.78, 5) is 11.0. The van der Waals surface area contributed by atoms with Gasteiger partial charge in [-0.15, -0.1) is 0 Å². The van der Waals surface area contributed by atoms with Crippen molar-refractivity contribution in [1.82, 2.24) is 15.3 Å². The Bertz CT molecular complexity index is 328. The Hall–Kier alpha value is -0.810. The van der Waals surface area contributed by atoms with E-state index in [9.17, 15) is 0 Å². The van der Waals surface area contributed by atoms with Gasteiger partial charge in [-0.2, -0.15) is 11.8 Å². The minimum absolute atomic E-state index is 0.448. The Morgan fingerprint density at radius 1 is 1.39 bits per heavy atom. The molecule has 0 aliphatic heterocycles. The number of thioether (sulfide) groups is 1. The van der Waals surface area contributed by atoms with Gasteiger partial charge in [0, 0.05) is 43.3 Å². The standard InChI is InChI=1S/C13H24N4S/c1-5-6-14-7-12-8-15-13(16-9-12)17(3)11(2)10-18-4/h8-9,11,14H,5-7,10H2,1-4H3. The van der Waals surface area contributed by atoms with E-state index in [0.29, 0.717) is 6.04 Å². The molecule has 1 rings (SSSR count). The second-order valence-electron chi connectivity index (χ2n) is 4.48. The third-order valence-electron chi connectivity index (χ3n) is 2.83. The van der Waals surface area contributed by atoms with Crippen LogP contribution in [0.15, 0.2) is 12.4 Å². The van der Waals surface area contributed by atoms with Gasteiger partial charge >= 0.3 is 0 Å². The number of anilines is 1. The fourth-order valence-corrected chi connectivity index (χ4v) is 2.29. The quantitative estimate of drug-likeness (QED) is 0.732. The van der Waals surface area contributed by atoms with E-state index in [1.807, 2.05) is 31.2 Å². The topological polar surface area (TPSA) is 41.1 Å². The first-order chi connectivity index (χ1) is 8.69. The smallest absolute Gasteiger partial charge is 0.225 e. The van der Waals surface area contributed by atoms with Crippen LogP contribution in [0, 0.1) is 0 Å². The van der Waals surface area contributed by atoms with Gasteiger partial charge in [-0.05, 0) is 26.1 Å². The maximum atomic E-state index is 4.43. The fraction of sp³-hybridized carbons (Fsp3) is 0.692. The maximum Gasteiger partial charge on any atom is 0.225 e. The van der Waals surface area contributed by atoms with Crippen LogP contribution in [0.1, 0.15) is 25.8 Å². The molecule has 0 saturated carbocycles. The summed E-state index contributed by atoms with van der Waals surface area (Å²) in [5.74, 6) is 1.88. The van der Waals surface area contributed by atoms with Crippen molar-refractivity contribution in [3.63, 3.8) is 0 Å². The summed E-state index contributed by atoms with van der Waals surface area (Å²) in [5.41, 5.74) is 1.14. The lowest BCUT2D eigenvalue weighted by atomic mass is 10.3. The van der Waals surface area contributed by atoms with Gasteiger partial charge in [0.15, 0.2) is 0 Å². The lowest BCUT2D eigenvalue weighted by molar-refractivity contribution is 0.669. The summed E-state index contributed by atoms with van der Waals surface area (Å²) in [5, 5.41) is 3.35. The Kier molecular flexibility index (Phi) is 7.05. The van der Waals surface area contributed by atoms with Crippen LogP contribution >= 0.6 is 11.8 Å². The Labute approximate surface area is 115 Å². The van der Waals surface area contributed by atoms with Crippen LogP contribution in [0.4, 0.5) is 5.95 Å². The second-order valence-corrected chi connectivity index (χ2v) is 5.39. The summed E-state index contributed by atoms with van der Waals surface area (Å²) in [6.45, 7) is 6.23. The number of nitrogens with one attached hydrogen (secondary N) is 1. The number of hydrogen-bond acceptors (Lipinski definition) is 5. The average Bonchev–Trinajstić information content (AvgIpc) is 2.39. The SMILES string of the molecule is CCCNCc1cnc(N(C)C(C)CSC)nc1. The third kappa shape index (κ3) is 4.82. The molecule has 5 heteroatoms. The molecule has 0 bridgehead atoms. The normalized spacial score (nSPS) is 12.4. The van der Waals surface area contributed by atoms with Crippen molar-refractivity contribution in [1.29, 1.82) is 0 Å². The zero-order valence-electron chi connectivity index (χ0n) is 11.8. The van der Waals surface area contributed by atoms with Gasteiger partial charge in [-0.3, -0.25) is 0 Å². The zero-order valence-corrected chi connectivity index (χ0v) is 12.6. The lowest BCUT2D eigenvalue weighted by Crippen LogP contribution is -2.32. The van der Waals surface area contributed by atoms with Crippen molar-refractivity contribution >= 4 is 17.7 Å². The van der Waals surface area contributed by atoms with Gasteiger partial charge in [-0.25, -0.2) is 9.97 Å².